The zero-order valence-corrected chi connectivity index (χ0v) is 12.6. The smallest absolute Gasteiger partial charge is 0.255 e. The van der Waals surface area contributed by atoms with E-state index in [-0.39, 0.29) is 5.91 Å². The van der Waals surface area contributed by atoms with Gasteiger partial charge < -0.3 is 15.0 Å². The molecule has 4 heteroatoms. The number of piperidine rings is 1. The van der Waals surface area contributed by atoms with Gasteiger partial charge in [-0.15, -0.1) is 0 Å². The van der Waals surface area contributed by atoms with Gasteiger partial charge in [0, 0.05) is 32.4 Å². The number of anilines is 1. The molecule has 0 atom stereocenters. The van der Waals surface area contributed by atoms with Crippen LogP contribution in [0, 0.1) is 6.92 Å². The molecule has 0 bridgehead atoms. The molecule has 1 heterocycles. The van der Waals surface area contributed by atoms with Crippen LogP contribution in [0.15, 0.2) is 18.2 Å². The summed E-state index contributed by atoms with van der Waals surface area (Å²) in [5.41, 5.74) is 2.82. The average Bonchev–Trinajstić information content (AvgIpc) is 2.48. The number of ether oxygens (including phenoxy) is 1. The zero-order chi connectivity index (χ0) is 14.5. The maximum absolute atomic E-state index is 12.7. The number of benzene rings is 1. The average molecular weight is 276 g/mol. The maximum atomic E-state index is 12.7. The van der Waals surface area contributed by atoms with E-state index < -0.39 is 0 Å². The first-order valence-corrected chi connectivity index (χ1v) is 7.32. The Balaban J connectivity index is 2.14. The molecular weight excluding hydrogens is 252 g/mol. The number of hydrogen-bond acceptors (Lipinski definition) is 3. The highest BCUT2D eigenvalue weighted by Crippen LogP contribution is 2.22. The third-order valence-electron chi connectivity index (χ3n) is 3.84. The van der Waals surface area contributed by atoms with E-state index in [1.807, 2.05) is 36.9 Å². The number of aryl methyl sites for hydroxylation is 1. The summed E-state index contributed by atoms with van der Waals surface area (Å²) in [5.74, 6) is 0.124. The number of amides is 1. The van der Waals surface area contributed by atoms with Gasteiger partial charge in [0.1, 0.15) is 0 Å². The van der Waals surface area contributed by atoms with Crippen molar-refractivity contribution < 1.29 is 9.53 Å². The van der Waals surface area contributed by atoms with E-state index >= 15 is 0 Å². The highest BCUT2D eigenvalue weighted by molar-refractivity contribution is 5.99. The van der Waals surface area contributed by atoms with Crippen molar-refractivity contribution in [1.82, 2.24) is 4.90 Å². The van der Waals surface area contributed by atoms with Crippen molar-refractivity contribution in [3.63, 3.8) is 0 Å². The van der Waals surface area contributed by atoms with Gasteiger partial charge in [-0.2, -0.15) is 0 Å². The SMILES string of the molecule is CCNc1ccc(C)cc1C(=O)N1CCC(OC)CC1. The summed E-state index contributed by atoms with van der Waals surface area (Å²) in [7, 11) is 1.74. The van der Waals surface area contributed by atoms with E-state index in [0.717, 1.165) is 49.3 Å². The van der Waals surface area contributed by atoms with Crippen LogP contribution in [0.1, 0.15) is 35.7 Å². The zero-order valence-electron chi connectivity index (χ0n) is 12.6. The molecule has 1 fully saturated rings. The van der Waals surface area contributed by atoms with Crippen molar-refractivity contribution in [3.05, 3.63) is 29.3 Å². The summed E-state index contributed by atoms with van der Waals surface area (Å²) in [6, 6.07) is 6.00. The highest BCUT2D eigenvalue weighted by atomic mass is 16.5. The molecular formula is C16H24N2O2. The lowest BCUT2D eigenvalue weighted by atomic mass is 10.0. The minimum atomic E-state index is 0.124. The lowest BCUT2D eigenvalue weighted by molar-refractivity contribution is 0.0351. The Hall–Kier alpha value is -1.55. The predicted octanol–water partition coefficient (Wildman–Crippen LogP) is 2.68. The van der Waals surface area contributed by atoms with Crippen LogP contribution in [-0.2, 0) is 4.74 Å². The number of rotatable bonds is 4. The van der Waals surface area contributed by atoms with E-state index in [1.165, 1.54) is 0 Å². The fourth-order valence-electron chi connectivity index (χ4n) is 2.64. The fraction of sp³-hybridized carbons (Fsp3) is 0.562. The van der Waals surface area contributed by atoms with E-state index in [1.54, 1.807) is 7.11 Å². The lowest BCUT2D eigenvalue weighted by Crippen LogP contribution is -2.40. The van der Waals surface area contributed by atoms with Gasteiger partial charge in [0.25, 0.3) is 5.91 Å². The molecule has 1 aliphatic rings. The quantitative estimate of drug-likeness (QED) is 0.919. The molecule has 0 radical (unpaired) electrons. The van der Waals surface area contributed by atoms with Crippen LogP contribution in [0.4, 0.5) is 5.69 Å². The van der Waals surface area contributed by atoms with Crippen LogP contribution in [0.2, 0.25) is 0 Å². The molecule has 0 aliphatic carbocycles. The Morgan fingerprint density at radius 2 is 2.10 bits per heavy atom. The number of hydrogen-bond donors (Lipinski definition) is 1. The minimum absolute atomic E-state index is 0.124. The molecule has 1 aliphatic heterocycles. The molecule has 0 saturated carbocycles. The number of methoxy groups -OCH3 is 1. The van der Waals surface area contributed by atoms with Gasteiger partial charge in [-0.25, -0.2) is 0 Å². The standard InChI is InChI=1S/C16H24N2O2/c1-4-17-15-6-5-12(2)11-14(15)16(19)18-9-7-13(20-3)8-10-18/h5-6,11,13,17H,4,7-10H2,1-3H3. The number of nitrogens with one attached hydrogen (secondary N) is 1. The second-order valence-corrected chi connectivity index (χ2v) is 5.31. The summed E-state index contributed by atoms with van der Waals surface area (Å²) in [6.45, 7) is 6.42. The molecule has 4 nitrogen and oxygen atoms in total. The molecule has 110 valence electrons. The molecule has 20 heavy (non-hydrogen) atoms. The largest absolute Gasteiger partial charge is 0.385 e. The van der Waals surface area contributed by atoms with Gasteiger partial charge in [-0.05, 0) is 38.8 Å². The number of likely N-dealkylation sites (tertiary alicyclic amines) is 1. The molecule has 2 rings (SSSR count). The molecule has 0 spiro atoms. The van der Waals surface area contributed by atoms with Crippen molar-refractivity contribution in [2.24, 2.45) is 0 Å². The topological polar surface area (TPSA) is 41.6 Å². The monoisotopic (exact) mass is 276 g/mol. The predicted molar refractivity (Wildman–Crippen MR) is 81.3 cm³/mol. The second kappa shape index (κ2) is 6.75. The molecule has 0 aromatic heterocycles. The summed E-state index contributed by atoms with van der Waals surface area (Å²) in [4.78, 5) is 14.6. The number of nitrogens with zero attached hydrogens (tertiary/aromatic N) is 1. The minimum Gasteiger partial charge on any atom is -0.385 e. The lowest BCUT2D eigenvalue weighted by Gasteiger charge is -2.31. The van der Waals surface area contributed by atoms with Crippen LogP contribution in [-0.4, -0.2) is 43.7 Å². The molecule has 0 unspecified atom stereocenters. The first-order valence-electron chi connectivity index (χ1n) is 7.32. The van der Waals surface area contributed by atoms with E-state index in [2.05, 4.69) is 5.32 Å². The summed E-state index contributed by atoms with van der Waals surface area (Å²) in [6.07, 6.45) is 2.14. The van der Waals surface area contributed by atoms with Gasteiger partial charge in [-0.1, -0.05) is 11.6 Å². The van der Waals surface area contributed by atoms with Crippen molar-refractivity contribution >= 4 is 11.6 Å². The third-order valence-corrected chi connectivity index (χ3v) is 3.84. The normalized spacial score (nSPS) is 16.2. The Morgan fingerprint density at radius 1 is 1.40 bits per heavy atom. The van der Waals surface area contributed by atoms with Gasteiger partial charge in [-0.3, -0.25) is 4.79 Å². The molecule has 1 aromatic carbocycles. The highest BCUT2D eigenvalue weighted by Gasteiger charge is 2.24. The fourth-order valence-corrected chi connectivity index (χ4v) is 2.64. The molecule has 1 N–H and O–H groups in total. The Bertz CT molecular complexity index is 466. The van der Waals surface area contributed by atoms with Crippen LogP contribution < -0.4 is 5.32 Å². The van der Waals surface area contributed by atoms with E-state index in [9.17, 15) is 4.79 Å². The Labute approximate surface area is 121 Å². The number of carbonyl (C=O) groups excluding carboxylic acids is 1. The van der Waals surface area contributed by atoms with Crippen molar-refractivity contribution in [3.8, 4) is 0 Å². The third kappa shape index (κ3) is 3.31. The van der Waals surface area contributed by atoms with Gasteiger partial charge in [0.15, 0.2) is 0 Å². The Morgan fingerprint density at radius 3 is 2.70 bits per heavy atom. The van der Waals surface area contributed by atoms with Crippen molar-refractivity contribution in [2.45, 2.75) is 32.8 Å². The van der Waals surface area contributed by atoms with Gasteiger partial charge in [0.2, 0.25) is 0 Å². The maximum Gasteiger partial charge on any atom is 0.255 e. The van der Waals surface area contributed by atoms with Crippen molar-refractivity contribution in [1.29, 1.82) is 0 Å². The van der Waals surface area contributed by atoms with Crippen LogP contribution >= 0.6 is 0 Å². The van der Waals surface area contributed by atoms with Gasteiger partial charge >= 0.3 is 0 Å². The van der Waals surface area contributed by atoms with E-state index in [4.69, 9.17) is 4.74 Å². The number of carbonyl (C=O) groups is 1. The van der Waals surface area contributed by atoms with Crippen LogP contribution in [0.25, 0.3) is 0 Å². The van der Waals surface area contributed by atoms with Crippen LogP contribution in [0.5, 0.6) is 0 Å². The van der Waals surface area contributed by atoms with Crippen molar-refractivity contribution in [2.75, 3.05) is 32.1 Å². The summed E-state index contributed by atoms with van der Waals surface area (Å²) < 4.78 is 5.36. The van der Waals surface area contributed by atoms with Gasteiger partial charge in [0.05, 0.1) is 11.7 Å². The van der Waals surface area contributed by atoms with Crippen LogP contribution in [0.3, 0.4) is 0 Å². The Kier molecular flexibility index (Phi) is 5.01. The second-order valence-electron chi connectivity index (χ2n) is 5.31. The summed E-state index contributed by atoms with van der Waals surface area (Å²) >= 11 is 0. The molecule has 1 aromatic rings. The summed E-state index contributed by atoms with van der Waals surface area (Å²) in [5, 5.41) is 3.27. The first kappa shape index (κ1) is 14.9. The first-order chi connectivity index (χ1) is 9.65. The molecule has 1 amide bonds. The molecule has 1 saturated heterocycles. The van der Waals surface area contributed by atoms with E-state index in [0.29, 0.717) is 6.10 Å².